The lowest BCUT2D eigenvalue weighted by Crippen LogP contribution is -2.35. The number of hydrogen-bond donors (Lipinski definition) is 0. The summed E-state index contributed by atoms with van der Waals surface area (Å²) in [6, 6.07) is 16.9. The topological polar surface area (TPSA) is 37.4 Å². The van der Waals surface area contributed by atoms with E-state index >= 15 is 0 Å². The fraction of sp³-hybridized carbons (Fsp3) is 0.238. The second-order valence-corrected chi connectivity index (χ2v) is 8.63. The fourth-order valence-corrected chi connectivity index (χ4v) is 4.63. The Kier molecular flexibility index (Phi) is 4.10. The smallest absolute Gasteiger partial charge is 0.211 e. The molecular weight excluding hydrogens is 330 g/mol. The van der Waals surface area contributed by atoms with Crippen LogP contribution >= 0.6 is 0 Å². The highest BCUT2D eigenvalue weighted by atomic mass is 32.2. The summed E-state index contributed by atoms with van der Waals surface area (Å²) >= 11 is 0. The molecule has 0 spiro atoms. The van der Waals surface area contributed by atoms with Gasteiger partial charge >= 0.3 is 0 Å². The normalized spacial score (nSPS) is 17.8. The zero-order valence-electron chi connectivity index (χ0n) is 14.3. The second kappa shape index (κ2) is 6.28. The Morgan fingerprint density at radius 3 is 1.76 bits per heavy atom. The van der Waals surface area contributed by atoms with Crippen molar-refractivity contribution in [1.82, 2.24) is 4.31 Å². The van der Waals surface area contributed by atoms with E-state index in [9.17, 15) is 8.42 Å². The van der Waals surface area contributed by atoms with E-state index in [-0.39, 0.29) is 0 Å². The molecule has 0 unspecified atom stereocenters. The van der Waals surface area contributed by atoms with Gasteiger partial charge in [0, 0.05) is 13.1 Å². The molecule has 1 aliphatic heterocycles. The lowest BCUT2D eigenvalue weighted by atomic mass is 9.86. The lowest BCUT2D eigenvalue weighted by Gasteiger charge is -2.28. The van der Waals surface area contributed by atoms with Gasteiger partial charge in [0.05, 0.1) is 6.26 Å². The fourth-order valence-electron chi connectivity index (χ4n) is 3.78. The van der Waals surface area contributed by atoms with E-state index in [1.165, 1.54) is 39.7 Å². The molecule has 1 fully saturated rings. The molecule has 25 heavy (non-hydrogen) atoms. The van der Waals surface area contributed by atoms with Crippen LogP contribution in [0.1, 0.15) is 35.1 Å². The molecule has 3 nitrogen and oxygen atoms in total. The summed E-state index contributed by atoms with van der Waals surface area (Å²) in [5, 5.41) is 0. The molecule has 1 aliphatic carbocycles. The zero-order valence-corrected chi connectivity index (χ0v) is 15.1. The minimum Gasteiger partial charge on any atom is -0.213 e. The molecule has 0 saturated carbocycles. The van der Waals surface area contributed by atoms with Crippen LogP contribution in [-0.4, -0.2) is 32.1 Å². The first-order chi connectivity index (χ1) is 12.0. The summed E-state index contributed by atoms with van der Waals surface area (Å²) in [5.74, 6) is 0. The molecule has 2 aliphatic rings. The van der Waals surface area contributed by atoms with Gasteiger partial charge in [-0.2, -0.15) is 0 Å². The summed E-state index contributed by atoms with van der Waals surface area (Å²) in [6.45, 7) is 1.13. The summed E-state index contributed by atoms with van der Waals surface area (Å²) in [4.78, 5) is 0. The van der Waals surface area contributed by atoms with Crippen LogP contribution in [0.5, 0.6) is 0 Å². The summed E-state index contributed by atoms with van der Waals surface area (Å²) in [7, 11) is -3.11. The number of benzene rings is 2. The minimum atomic E-state index is -3.11. The Bertz CT molecular complexity index is 925. The predicted molar refractivity (Wildman–Crippen MR) is 103 cm³/mol. The van der Waals surface area contributed by atoms with Crippen molar-refractivity contribution in [1.29, 1.82) is 0 Å². The average Bonchev–Trinajstić information content (AvgIpc) is 2.78. The monoisotopic (exact) mass is 351 g/mol. The Hall–Kier alpha value is -2.17. The van der Waals surface area contributed by atoms with Crippen molar-refractivity contribution in [3.05, 3.63) is 76.4 Å². The predicted octanol–water partition coefficient (Wildman–Crippen LogP) is 4.03. The maximum atomic E-state index is 11.8. The van der Waals surface area contributed by atoms with E-state index in [4.69, 9.17) is 0 Å². The zero-order chi connectivity index (χ0) is 17.4. The SMILES string of the molecule is CS(=O)(=O)N1CCC(=C2c3ccccc3C=Cc3ccccc32)CC1. The van der Waals surface area contributed by atoms with Crippen LogP contribution in [0.2, 0.25) is 0 Å². The minimum absolute atomic E-state index is 0.565. The summed E-state index contributed by atoms with van der Waals surface area (Å²) in [5.41, 5.74) is 7.55. The van der Waals surface area contributed by atoms with Crippen molar-refractivity contribution in [2.45, 2.75) is 12.8 Å². The standard InChI is InChI=1S/C21H21NO2S/c1-25(23,24)22-14-12-18(13-15-22)21-19-8-4-2-6-16(19)10-11-17-7-3-5-9-20(17)21/h2-11H,12-15H2,1H3. The first-order valence-electron chi connectivity index (χ1n) is 8.58. The Labute approximate surface area is 149 Å². The largest absolute Gasteiger partial charge is 0.213 e. The van der Waals surface area contributed by atoms with Crippen molar-refractivity contribution in [2.24, 2.45) is 0 Å². The number of rotatable bonds is 1. The Morgan fingerprint density at radius 2 is 1.28 bits per heavy atom. The molecule has 0 radical (unpaired) electrons. The molecule has 128 valence electrons. The molecule has 0 aromatic heterocycles. The van der Waals surface area contributed by atoms with Crippen molar-refractivity contribution >= 4 is 27.7 Å². The molecule has 1 heterocycles. The quantitative estimate of drug-likeness (QED) is 0.664. The first kappa shape index (κ1) is 16.3. The Balaban J connectivity index is 1.85. The van der Waals surface area contributed by atoms with Crippen LogP contribution in [0.3, 0.4) is 0 Å². The maximum absolute atomic E-state index is 11.8. The Morgan fingerprint density at radius 1 is 0.800 bits per heavy atom. The van der Waals surface area contributed by atoms with E-state index < -0.39 is 10.0 Å². The van der Waals surface area contributed by atoms with E-state index in [0.717, 1.165) is 12.8 Å². The van der Waals surface area contributed by atoms with Crippen molar-refractivity contribution < 1.29 is 8.42 Å². The summed E-state index contributed by atoms with van der Waals surface area (Å²) in [6.07, 6.45) is 7.21. The van der Waals surface area contributed by atoms with Gasteiger partial charge in [-0.1, -0.05) is 66.3 Å². The van der Waals surface area contributed by atoms with Gasteiger partial charge in [-0.25, -0.2) is 12.7 Å². The van der Waals surface area contributed by atoms with Crippen LogP contribution in [-0.2, 0) is 10.0 Å². The molecule has 0 bridgehead atoms. The van der Waals surface area contributed by atoms with Gasteiger partial charge in [-0.05, 0) is 40.7 Å². The summed E-state index contributed by atoms with van der Waals surface area (Å²) < 4.78 is 25.2. The van der Waals surface area contributed by atoms with Gasteiger partial charge < -0.3 is 0 Å². The van der Waals surface area contributed by atoms with Crippen LogP contribution in [0.4, 0.5) is 0 Å². The molecule has 4 heteroatoms. The van der Waals surface area contributed by atoms with E-state index in [0.29, 0.717) is 13.1 Å². The molecule has 0 atom stereocenters. The van der Waals surface area contributed by atoms with Crippen molar-refractivity contribution in [2.75, 3.05) is 19.3 Å². The van der Waals surface area contributed by atoms with E-state index in [2.05, 4.69) is 60.7 Å². The van der Waals surface area contributed by atoms with Crippen molar-refractivity contribution in [3.63, 3.8) is 0 Å². The number of hydrogen-bond acceptors (Lipinski definition) is 2. The molecule has 0 N–H and O–H groups in total. The second-order valence-electron chi connectivity index (χ2n) is 6.65. The molecule has 0 amide bonds. The number of piperidine rings is 1. The maximum Gasteiger partial charge on any atom is 0.211 e. The van der Waals surface area contributed by atoms with Crippen LogP contribution in [0.25, 0.3) is 17.7 Å². The van der Waals surface area contributed by atoms with Gasteiger partial charge in [0.25, 0.3) is 0 Å². The molecule has 1 saturated heterocycles. The molecule has 2 aromatic carbocycles. The van der Waals surface area contributed by atoms with Gasteiger partial charge in [0.1, 0.15) is 0 Å². The molecule has 4 rings (SSSR count). The third-order valence-electron chi connectivity index (χ3n) is 5.05. The highest BCUT2D eigenvalue weighted by Crippen LogP contribution is 2.38. The highest BCUT2D eigenvalue weighted by molar-refractivity contribution is 7.88. The molecule has 2 aromatic rings. The molecular formula is C21H21NO2S. The lowest BCUT2D eigenvalue weighted by molar-refractivity contribution is 0.391. The third-order valence-corrected chi connectivity index (χ3v) is 6.35. The van der Waals surface area contributed by atoms with Gasteiger partial charge in [0.15, 0.2) is 0 Å². The highest BCUT2D eigenvalue weighted by Gasteiger charge is 2.25. The number of nitrogens with zero attached hydrogens (tertiary/aromatic N) is 1. The van der Waals surface area contributed by atoms with E-state index in [1.807, 2.05) is 0 Å². The van der Waals surface area contributed by atoms with Gasteiger partial charge in [-0.15, -0.1) is 0 Å². The van der Waals surface area contributed by atoms with Gasteiger partial charge in [-0.3, -0.25) is 0 Å². The van der Waals surface area contributed by atoms with Crippen LogP contribution in [0, 0.1) is 0 Å². The van der Waals surface area contributed by atoms with Crippen LogP contribution < -0.4 is 0 Å². The number of fused-ring (bicyclic) bond motifs is 2. The van der Waals surface area contributed by atoms with Crippen molar-refractivity contribution in [3.8, 4) is 0 Å². The first-order valence-corrected chi connectivity index (χ1v) is 10.4. The number of sulfonamides is 1. The average molecular weight is 351 g/mol. The van der Waals surface area contributed by atoms with Gasteiger partial charge in [0.2, 0.25) is 10.0 Å². The third kappa shape index (κ3) is 3.08. The van der Waals surface area contributed by atoms with E-state index in [1.54, 1.807) is 4.31 Å². The van der Waals surface area contributed by atoms with Crippen LogP contribution in [0.15, 0.2) is 54.1 Å².